The Kier molecular flexibility index (Phi) is 6.65. The number of aromatic nitrogens is 1. The Morgan fingerprint density at radius 1 is 1.39 bits per heavy atom. The zero-order chi connectivity index (χ0) is 23.5. The molecular weight excluding hydrogens is 443 g/mol. The lowest BCUT2D eigenvalue weighted by atomic mass is 9.98. The molecule has 7 nitrogen and oxygen atoms in total. The van der Waals surface area contributed by atoms with Crippen LogP contribution in [0.3, 0.4) is 0 Å². The molecule has 0 spiro atoms. The number of nitrogens with zero attached hydrogens (tertiary/aromatic N) is 2. The number of ether oxygens (including phenoxy) is 1. The molecule has 6 N–H and O–H groups in total. The number of hydrogen-bond acceptors (Lipinski definition) is 7. The van der Waals surface area contributed by atoms with Gasteiger partial charge < -0.3 is 21.5 Å². The van der Waals surface area contributed by atoms with Crippen molar-refractivity contribution in [2.75, 3.05) is 18.8 Å². The maximum absolute atomic E-state index is 14.2. The average molecular weight is 469 g/mol. The number of halogens is 2. The van der Waals surface area contributed by atoms with Gasteiger partial charge >= 0.3 is 0 Å². The lowest BCUT2D eigenvalue weighted by Crippen LogP contribution is -2.24. The van der Waals surface area contributed by atoms with E-state index in [2.05, 4.69) is 10.3 Å². The Morgan fingerprint density at radius 2 is 2.18 bits per heavy atom. The first-order valence-electron chi connectivity index (χ1n) is 10.7. The van der Waals surface area contributed by atoms with Gasteiger partial charge in [0, 0.05) is 53.4 Å². The van der Waals surface area contributed by atoms with E-state index in [1.54, 1.807) is 25.3 Å². The first-order chi connectivity index (χ1) is 15.9. The van der Waals surface area contributed by atoms with E-state index < -0.39 is 11.9 Å². The summed E-state index contributed by atoms with van der Waals surface area (Å²) in [5.41, 5.74) is 16.0. The Balaban J connectivity index is 1.88. The highest BCUT2D eigenvalue weighted by molar-refractivity contribution is 6.68. The third kappa shape index (κ3) is 5.34. The molecular formula is C24H26ClFN6O. The van der Waals surface area contributed by atoms with E-state index in [0.717, 1.165) is 11.1 Å². The standard InChI is InChI=1S/C24H26ClFN6O/c1-13-19-7-17(26)4-5-18(19)20(8-22(25)28)30-12-16(9-27)23(31-10-14-2-3-14)15-6-21(33-13)24(29)32-11-15/h4-9,11,13-14,28,30H,2-3,10,12,27H2,1H3,(H2,29,32)/b16-9?,20-8-,28-22?,31-23?/t13-/m1/s1. The number of nitrogen functional groups attached to an aromatic ring is 1. The van der Waals surface area contributed by atoms with Crippen molar-refractivity contribution in [1.82, 2.24) is 10.3 Å². The van der Waals surface area contributed by atoms with Crippen LogP contribution in [0, 0.1) is 17.1 Å². The van der Waals surface area contributed by atoms with E-state index in [-0.39, 0.29) is 11.0 Å². The quantitative estimate of drug-likeness (QED) is 0.504. The smallest absolute Gasteiger partial charge is 0.166 e. The van der Waals surface area contributed by atoms with Gasteiger partial charge in [-0.25, -0.2) is 9.37 Å². The minimum atomic E-state index is -0.569. The van der Waals surface area contributed by atoms with Gasteiger partial charge in [-0.05, 0) is 56.0 Å². The molecule has 2 heterocycles. The van der Waals surface area contributed by atoms with E-state index in [9.17, 15) is 4.39 Å². The van der Waals surface area contributed by atoms with Crippen LogP contribution in [-0.2, 0) is 0 Å². The van der Waals surface area contributed by atoms with Gasteiger partial charge in [0.25, 0.3) is 0 Å². The topological polar surface area (TPSA) is 122 Å². The molecule has 0 radical (unpaired) electrons. The fourth-order valence-electron chi connectivity index (χ4n) is 3.71. The van der Waals surface area contributed by atoms with Crippen molar-refractivity contribution in [1.29, 1.82) is 5.41 Å². The SMILES string of the molecule is C[C@H]1Oc2cc(cnc2N)C(=NCC2CC2)C(=CN)CN/C(=C\C(=N)Cl)c2ccc(F)cc21. The van der Waals surface area contributed by atoms with E-state index >= 15 is 0 Å². The summed E-state index contributed by atoms with van der Waals surface area (Å²) in [5.74, 6) is 0.762. The number of aliphatic imine (C=N–C) groups is 1. The van der Waals surface area contributed by atoms with E-state index in [1.165, 1.54) is 37.3 Å². The summed E-state index contributed by atoms with van der Waals surface area (Å²) in [6, 6.07) is 6.17. The summed E-state index contributed by atoms with van der Waals surface area (Å²) >= 11 is 5.91. The highest BCUT2D eigenvalue weighted by atomic mass is 35.5. The van der Waals surface area contributed by atoms with Crippen molar-refractivity contribution in [3.63, 3.8) is 0 Å². The van der Waals surface area contributed by atoms with Crippen LogP contribution in [0.1, 0.15) is 42.6 Å². The molecule has 1 aromatic heterocycles. The predicted molar refractivity (Wildman–Crippen MR) is 130 cm³/mol. The summed E-state index contributed by atoms with van der Waals surface area (Å²) in [6.45, 7) is 2.80. The number of rotatable bonds is 3. The molecule has 1 fully saturated rings. The maximum atomic E-state index is 14.2. The van der Waals surface area contributed by atoms with Crippen LogP contribution in [0.25, 0.3) is 5.70 Å². The third-order valence-corrected chi connectivity index (χ3v) is 5.76. The van der Waals surface area contributed by atoms with Crippen LogP contribution < -0.4 is 21.5 Å². The molecule has 33 heavy (non-hydrogen) atoms. The molecule has 1 aromatic carbocycles. The van der Waals surface area contributed by atoms with Gasteiger partial charge in [-0.1, -0.05) is 11.6 Å². The van der Waals surface area contributed by atoms with Crippen LogP contribution in [-0.4, -0.2) is 29.0 Å². The van der Waals surface area contributed by atoms with Gasteiger partial charge in [-0.15, -0.1) is 0 Å². The van der Waals surface area contributed by atoms with Crippen LogP contribution in [0.4, 0.5) is 10.2 Å². The second-order valence-corrected chi connectivity index (χ2v) is 8.59. The molecule has 1 atom stereocenters. The van der Waals surface area contributed by atoms with Gasteiger partial charge in [0.05, 0.1) is 5.71 Å². The normalized spacial score (nSPS) is 22.2. The lowest BCUT2D eigenvalue weighted by molar-refractivity contribution is 0.226. The van der Waals surface area contributed by atoms with Gasteiger partial charge in [0.1, 0.15) is 17.1 Å². The molecule has 1 saturated carbocycles. The van der Waals surface area contributed by atoms with E-state index in [0.29, 0.717) is 47.3 Å². The molecule has 0 saturated heterocycles. The minimum Gasteiger partial charge on any atom is -0.482 e. The zero-order valence-corrected chi connectivity index (χ0v) is 19.0. The molecule has 2 aromatic rings. The highest BCUT2D eigenvalue weighted by Gasteiger charge is 2.24. The van der Waals surface area contributed by atoms with Crippen LogP contribution in [0.15, 0.2) is 53.3 Å². The molecule has 2 aliphatic rings. The zero-order valence-electron chi connectivity index (χ0n) is 18.2. The molecule has 1 aliphatic carbocycles. The summed E-state index contributed by atoms with van der Waals surface area (Å²) in [7, 11) is 0. The number of nitrogens with one attached hydrogen (secondary N) is 2. The Bertz CT molecular complexity index is 1170. The molecule has 4 rings (SSSR count). The third-order valence-electron chi connectivity index (χ3n) is 5.65. The van der Waals surface area contributed by atoms with Crippen LogP contribution in [0.2, 0.25) is 0 Å². The summed E-state index contributed by atoms with van der Waals surface area (Å²) in [6.07, 6.45) is 6.38. The number of allylic oxidation sites excluding steroid dienone is 1. The minimum absolute atomic E-state index is 0.173. The molecule has 0 unspecified atom stereocenters. The number of benzene rings is 1. The maximum Gasteiger partial charge on any atom is 0.166 e. The largest absolute Gasteiger partial charge is 0.482 e. The van der Waals surface area contributed by atoms with Crippen molar-refractivity contribution < 1.29 is 9.13 Å². The van der Waals surface area contributed by atoms with Crippen molar-refractivity contribution in [2.45, 2.75) is 25.9 Å². The van der Waals surface area contributed by atoms with Crippen LogP contribution >= 0.6 is 11.6 Å². The molecule has 172 valence electrons. The number of hydrogen-bond donors (Lipinski definition) is 4. The fraction of sp³-hybridized carbons (Fsp3) is 0.292. The van der Waals surface area contributed by atoms with Crippen molar-refractivity contribution in [3.8, 4) is 5.75 Å². The number of nitrogens with two attached hydrogens (primary N) is 2. The van der Waals surface area contributed by atoms with Crippen molar-refractivity contribution in [3.05, 3.63) is 70.8 Å². The molecule has 1 aliphatic heterocycles. The highest BCUT2D eigenvalue weighted by Crippen LogP contribution is 2.33. The fourth-order valence-corrected chi connectivity index (χ4v) is 3.82. The van der Waals surface area contributed by atoms with E-state index in [1.807, 2.05) is 0 Å². The Labute approximate surface area is 196 Å². The second-order valence-electron chi connectivity index (χ2n) is 8.18. The van der Waals surface area contributed by atoms with Crippen molar-refractivity contribution in [2.24, 2.45) is 16.6 Å². The summed E-state index contributed by atoms with van der Waals surface area (Å²) < 4.78 is 20.3. The van der Waals surface area contributed by atoms with Crippen molar-refractivity contribution >= 4 is 34.0 Å². The predicted octanol–water partition coefficient (Wildman–Crippen LogP) is 4.14. The van der Waals surface area contributed by atoms with Gasteiger partial charge in [-0.2, -0.15) is 0 Å². The van der Waals surface area contributed by atoms with Gasteiger partial charge in [-0.3, -0.25) is 10.4 Å². The number of fused-ring (bicyclic) bond motifs is 3. The molecule has 9 heteroatoms. The Morgan fingerprint density at radius 3 is 2.88 bits per heavy atom. The first-order valence-corrected chi connectivity index (χ1v) is 11.1. The monoisotopic (exact) mass is 468 g/mol. The molecule has 0 amide bonds. The first kappa shape index (κ1) is 22.8. The number of pyridine rings is 1. The second kappa shape index (κ2) is 9.62. The van der Waals surface area contributed by atoms with E-state index in [4.69, 9.17) is 38.2 Å². The van der Waals surface area contributed by atoms with Gasteiger partial charge in [0.15, 0.2) is 11.6 Å². The average Bonchev–Trinajstić information content (AvgIpc) is 3.60. The van der Waals surface area contributed by atoms with Crippen LogP contribution in [0.5, 0.6) is 5.75 Å². The Hall–Kier alpha value is -3.39. The summed E-state index contributed by atoms with van der Waals surface area (Å²) in [5, 5.41) is 10.9. The van der Waals surface area contributed by atoms with Gasteiger partial charge in [0.2, 0.25) is 0 Å². The summed E-state index contributed by atoms with van der Waals surface area (Å²) in [4.78, 5) is 9.15. The molecule has 2 bridgehead atoms. The lowest BCUT2D eigenvalue weighted by Gasteiger charge is -2.24. The number of anilines is 1.